The second-order valence-electron chi connectivity index (χ2n) is 4.81. The lowest BCUT2D eigenvalue weighted by Crippen LogP contribution is -2.45. The van der Waals surface area contributed by atoms with Crippen molar-refractivity contribution in [1.29, 1.82) is 0 Å². The van der Waals surface area contributed by atoms with Crippen molar-refractivity contribution in [1.82, 2.24) is 5.32 Å². The summed E-state index contributed by atoms with van der Waals surface area (Å²) in [6.07, 6.45) is 6.12. The van der Waals surface area contributed by atoms with E-state index in [9.17, 15) is 4.79 Å². The lowest BCUT2D eigenvalue weighted by atomic mass is 9.99. The highest BCUT2D eigenvalue weighted by molar-refractivity contribution is 5.81. The van der Waals surface area contributed by atoms with Gasteiger partial charge < -0.3 is 11.1 Å². The van der Waals surface area contributed by atoms with Crippen molar-refractivity contribution in [3.05, 3.63) is 0 Å². The maximum atomic E-state index is 11.7. The molecule has 1 fully saturated rings. The van der Waals surface area contributed by atoms with Gasteiger partial charge in [0, 0.05) is 6.54 Å². The second-order valence-corrected chi connectivity index (χ2v) is 4.81. The maximum Gasteiger partial charge on any atom is 0.237 e. The van der Waals surface area contributed by atoms with Crippen molar-refractivity contribution >= 4 is 5.91 Å². The smallest absolute Gasteiger partial charge is 0.237 e. The zero-order valence-corrected chi connectivity index (χ0v) is 9.96. The van der Waals surface area contributed by atoms with Crippen LogP contribution < -0.4 is 11.1 Å². The molecule has 1 aliphatic carbocycles. The van der Waals surface area contributed by atoms with E-state index in [4.69, 9.17) is 5.73 Å². The van der Waals surface area contributed by atoms with E-state index in [1.54, 1.807) is 0 Å². The summed E-state index contributed by atoms with van der Waals surface area (Å²) in [5.74, 6) is 0.989. The largest absolute Gasteiger partial charge is 0.354 e. The minimum atomic E-state index is -0.337. The minimum Gasteiger partial charge on any atom is -0.354 e. The Balaban J connectivity index is 2.22. The molecule has 1 rings (SSSR count). The van der Waals surface area contributed by atoms with Crippen LogP contribution in [-0.4, -0.2) is 18.5 Å². The van der Waals surface area contributed by atoms with Crippen LogP contribution in [0.1, 0.15) is 46.0 Å². The first-order valence-electron chi connectivity index (χ1n) is 6.18. The fourth-order valence-corrected chi connectivity index (χ4v) is 2.09. The zero-order chi connectivity index (χ0) is 11.3. The molecular weight excluding hydrogens is 188 g/mol. The molecule has 3 N–H and O–H groups in total. The van der Waals surface area contributed by atoms with Crippen LogP contribution in [0.2, 0.25) is 0 Å². The number of carbonyl (C=O) groups is 1. The lowest BCUT2D eigenvalue weighted by Gasteiger charge is -2.19. The summed E-state index contributed by atoms with van der Waals surface area (Å²) >= 11 is 0. The summed E-state index contributed by atoms with van der Waals surface area (Å²) in [4.78, 5) is 11.7. The molecule has 1 aliphatic rings. The molecule has 3 nitrogen and oxygen atoms in total. The Hall–Kier alpha value is -0.570. The predicted molar refractivity (Wildman–Crippen MR) is 62.4 cm³/mol. The van der Waals surface area contributed by atoms with Gasteiger partial charge in [0.2, 0.25) is 5.91 Å². The molecule has 0 aromatic carbocycles. The molecular formula is C12H24N2O. The highest BCUT2D eigenvalue weighted by Gasteiger charge is 2.21. The normalized spacial score (nSPS) is 21.3. The Bertz CT molecular complexity index is 200. The van der Waals surface area contributed by atoms with Crippen molar-refractivity contribution in [3.8, 4) is 0 Å². The quantitative estimate of drug-likeness (QED) is 0.728. The topological polar surface area (TPSA) is 55.1 Å². The number of carbonyl (C=O) groups excluding carboxylic acids is 1. The summed E-state index contributed by atoms with van der Waals surface area (Å²) in [6, 6.07) is -0.337. The van der Waals surface area contributed by atoms with Gasteiger partial charge in [0.05, 0.1) is 6.04 Å². The second kappa shape index (κ2) is 6.11. The monoisotopic (exact) mass is 212 g/mol. The van der Waals surface area contributed by atoms with Crippen molar-refractivity contribution in [3.63, 3.8) is 0 Å². The standard InChI is InChI=1S/C12H24N2O/c1-3-9(2)11(13)12(15)14-8-10-6-4-5-7-10/h9-11H,3-8,13H2,1-2H3,(H,14,15). The Morgan fingerprint density at radius 2 is 2.07 bits per heavy atom. The van der Waals surface area contributed by atoms with Crippen molar-refractivity contribution in [2.75, 3.05) is 6.54 Å². The van der Waals surface area contributed by atoms with E-state index < -0.39 is 0 Å². The molecule has 0 bridgehead atoms. The summed E-state index contributed by atoms with van der Waals surface area (Å²) in [5, 5.41) is 2.98. The van der Waals surface area contributed by atoms with Crippen molar-refractivity contribution in [2.45, 2.75) is 52.0 Å². The first-order chi connectivity index (χ1) is 7.15. The van der Waals surface area contributed by atoms with Crippen LogP contribution in [0.4, 0.5) is 0 Å². The highest BCUT2D eigenvalue weighted by Crippen LogP contribution is 2.23. The third kappa shape index (κ3) is 3.82. The highest BCUT2D eigenvalue weighted by atomic mass is 16.2. The van der Waals surface area contributed by atoms with E-state index in [2.05, 4.69) is 12.2 Å². The summed E-state index contributed by atoms with van der Waals surface area (Å²) in [7, 11) is 0. The number of rotatable bonds is 5. The van der Waals surface area contributed by atoms with E-state index in [0.717, 1.165) is 13.0 Å². The van der Waals surface area contributed by atoms with Gasteiger partial charge in [-0.25, -0.2) is 0 Å². The molecule has 3 heteroatoms. The Kier molecular flexibility index (Phi) is 5.09. The summed E-state index contributed by atoms with van der Waals surface area (Å²) in [6.45, 7) is 4.91. The third-order valence-corrected chi connectivity index (χ3v) is 3.60. The molecule has 15 heavy (non-hydrogen) atoms. The van der Waals surface area contributed by atoms with Crippen LogP contribution in [0.5, 0.6) is 0 Å². The summed E-state index contributed by atoms with van der Waals surface area (Å²) < 4.78 is 0. The average molecular weight is 212 g/mol. The molecule has 2 atom stereocenters. The maximum absolute atomic E-state index is 11.7. The van der Waals surface area contributed by atoms with Crippen LogP contribution in [0.3, 0.4) is 0 Å². The lowest BCUT2D eigenvalue weighted by molar-refractivity contribution is -0.123. The molecule has 0 aromatic rings. The van der Waals surface area contributed by atoms with Gasteiger partial charge in [-0.2, -0.15) is 0 Å². The number of nitrogens with two attached hydrogens (primary N) is 1. The van der Waals surface area contributed by atoms with E-state index in [0.29, 0.717) is 5.92 Å². The van der Waals surface area contributed by atoms with Crippen LogP contribution in [0, 0.1) is 11.8 Å². The van der Waals surface area contributed by atoms with Crippen LogP contribution in [0.25, 0.3) is 0 Å². The van der Waals surface area contributed by atoms with E-state index in [1.807, 2.05) is 6.92 Å². The molecule has 0 aliphatic heterocycles. The SMILES string of the molecule is CCC(C)C(N)C(=O)NCC1CCCC1. The number of hydrogen-bond acceptors (Lipinski definition) is 2. The van der Waals surface area contributed by atoms with Crippen LogP contribution in [-0.2, 0) is 4.79 Å². The molecule has 2 unspecified atom stereocenters. The average Bonchev–Trinajstić information content (AvgIpc) is 2.76. The molecule has 0 heterocycles. The third-order valence-electron chi connectivity index (χ3n) is 3.60. The van der Waals surface area contributed by atoms with Gasteiger partial charge in [-0.1, -0.05) is 33.1 Å². The molecule has 88 valence electrons. The Morgan fingerprint density at radius 1 is 1.47 bits per heavy atom. The molecule has 1 saturated carbocycles. The van der Waals surface area contributed by atoms with E-state index in [1.165, 1.54) is 25.7 Å². The van der Waals surface area contributed by atoms with Gasteiger partial charge in [0.25, 0.3) is 0 Å². The van der Waals surface area contributed by atoms with Gasteiger partial charge >= 0.3 is 0 Å². The number of nitrogens with one attached hydrogen (secondary N) is 1. The van der Waals surface area contributed by atoms with Crippen molar-refractivity contribution < 1.29 is 4.79 Å². The fraction of sp³-hybridized carbons (Fsp3) is 0.917. The van der Waals surface area contributed by atoms with Gasteiger partial charge in [-0.3, -0.25) is 4.79 Å². The van der Waals surface area contributed by atoms with Crippen LogP contribution >= 0.6 is 0 Å². The van der Waals surface area contributed by atoms with E-state index >= 15 is 0 Å². The Labute approximate surface area is 92.8 Å². The molecule has 0 saturated heterocycles. The Morgan fingerprint density at radius 3 is 2.60 bits per heavy atom. The summed E-state index contributed by atoms with van der Waals surface area (Å²) in [5.41, 5.74) is 5.84. The molecule has 1 amide bonds. The van der Waals surface area contributed by atoms with Crippen LogP contribution in [0.15, 0.2) is 0 Å². The van der Waals surface area contributed by atoms with Gasteiger partial charge in [-0.15, -0.1) is 0 Å². The molecule has 0 spiro atoms. The van der Waals surface area contributed by atoms with Gasteiger partial charge in [-0.05, 0) is 24.7 Å². The fourth-order valence-electron chi connectivity index (χ4n) is 2.09. The van der Waals surface area contributed by atoms with Gasteiger partial charge in [0.1, 0.15) is 0 Å². The molecule has 0 aromatic heterocycles. The predicted octanol–water partition coefficient (Wildman–Crippen LogP) is 1.67. The number of amides is 1. The first-order valence-corrected chi connectivity index (χ1v) is 6.18. The van der Waals surface area contributed by atoms with E-state index in [-0.39, 0.29) is 17.9 Å². The first kappa shape index (κ1) is 12.5. The molecule has 0 radical (unpaired) electrons. The minimum absolute atomic E-state index is 0.0243. The van der Waals surface area contributed by atoms with Crippen molar-refractivity contribution in [2.24, 2.45) is 17.6 Å². The van der Waals surface area contributed by atoms with Gasteiger partial charge in [0.15, 0.2) is 0 Å². The number of hydrogen-bond donors (Lipinski definition) is 2. The zero-order valence-electron chi connectivity index (χ0n) is 9.96.